The molecule has 0 saturated carbocycles. The average molecular weight is 319 g/mol. The van der Waals surface area contributed by atoms with E-state index in [4.69, 9.17) is 23.2 Å². The second-order valence-corrected chi connectivity index (χ2v) is 7.01. The number of aryl methyl sites for hydroxylation is 3. The van der Waals surface area contributed by atoms with E-state index in [1.807, 2.05) is 6.07 Å². The third-order valence-corrected chi connectivity index (χ3v) is 5.63. The first-order valence-corrected chi connectivity index (χ1v) is 8.35. The number of halogens is 2. The Morgan fingerprint density at radius 3 is 2.48 bits per heavy atom. The maximum absolute atomic E-state index is 6.80. The van der Waals surface area contributed by atoms with E-state index in [9.17, 15) is 0 Å². The van der Waals surface area contributed by atoms with Crippen LogP contribution in [-0.2, 0) is 12.8 Å². The third kappa shape index (κ3) is 2.98. The van der Waals surface area contributed by atoms with E-state index >= 15 is 0 Å². The van der Waals surface area contributed by atoms with Crippen LogP contribution in [0.1, 0.15) is 39.6 Å². The molecule has 0 fully saturated rings. The lowest BCUT2D eigenvalue weighted by molar-refractivity contribution is 0.443. The highest BCUT2D eigenvalue weighted by Gasteiger charge is 2.27. The minimum absolute atomic E-state index is 0.00911. The lowest BCUT2D eigenvalue weighted by Gasteiger charge is -2.29. The Morgan fingerprint density at radius 1 is 1.05 bits per heavy atom. The summed E-state index contributed by atoms with van der Waals surface area (Å²) in [6, 6.07) is 12.9. The van der Waals surface area contributed by atoms with Crippen LogP contribution in [0, 0.1) is 19.8 Å². The monoisotopic (exact) mass is 318 g/mol. The molecule has 0 aliphatic heterocycles. The smallest absolute Gasteiger partial charge is 0.0631 e. The molecule has 21 heavy (non-hydrogen) atoms. The second-order valence-electron chi connectivity index (χ2n) is 6.13. The molecule has 0 spiro atoms. The fourth-order valence-electron chi connectivity index (χ4n) is 3.24. The van der Waals surface area contributed by atoms with Crippen LogP contribution < -0.4 is 0 Å². The van der Waals surface area contributed by atoms with Gasteiger partial charge in [0.15, 0.2) is 0 Å². The maximum Gasteiger partial charge on any atom is 0.0631 e. The molecule has 110 valence electrons. The first kappa shape index (κ1) is 14.9. The van der Waals surface area contributed by atoms with Gasteiger partial charge in [0, 0.05) is 5.02 Å². The van der Waals surface area contributed by atoms with Crippen LogP contribution in [0.5, 0.6) is 0 Å². The number of rotatable bonds is 2. The Bertz CT molecular complexity index is 661. The highest BCUT2D eigenvalue weighted by Crippen LogP contribution is 2.41. The number of benzene rings is 2. The number of hydrogen-bond donors (Lipinski definition) is 0. The van der Waals surface area contributed by atoms with Gasteiger partial charge in [-0.2, -0.15) is 0 Å². The van der Waals surface area contributed by atoms with Crippen molar-refractivity contribution in [3.8, 4) is 0 Å². The van der Waals surface area contributed by atoms with Gasteiger partial charge in [0.1, 0.15) is 0 Å². The molecule has 0 nitrogen and oxygen atoms in total. The third-order valence-electron chi connectivity index (χ3n) is 4.71. The molecule has 0 bridgehead atoms. The van der Waals surface area contributed by atoms with E-state index in [2.05, 4.69) is 44.2 Å². The molecule has 0 heterocycles. The zero-order chi connectivity index (χ0) is 15.0. The van der Waals surface area contributed by atoms with E-state index in [-0.39, 0.29) is 5.38 Å². The van der Waals surface area contributed by atoms with Crippen LogP contribution >= 0.6 is 23.2 Å². The summed E-state index contributed by atoms with van der Waals surface area (Å²) in [5, 5.41) is 0.794. The largest absolute Gasteiger partial charge is 0.117 e. The molecule has 0 radical (unpaired) electrons. The van der Waals surface area contributed by atoms with Gasteiger partial charge in [-0.3, -0.25) is 0 Å². The average Bonchev–Trinajstić information content (AvgIpc) is 2.50. The van der Waals surface area contributed by atoms with Crippen LogP contribution in [0.25, 0.3) is 0 Å². The normalized spacial score (nSPS) is 19.1. The first-order valence-electron chi connectivity index (χ1n) is 7.53. The van der Waals surface area contributed by atoms with Crippen molar-refractivity contribution in [2.75, 3.05) is 0 Å². The predicted molar refractivity (Wildman–Crippen MR) is 91.5 cm³/mol. The van der Waals surface area contributed by atoms with Gasteiger partial charge in [0.2, 0.25) is 0 Å². The van der Waals surface area contributed by atoms with E-state index in [0.717, 1.165) is 29.8 Å². The summed E-state index contributed by atoms with van der Waals surface area (Å²) in [5.74, 6) is 0.459. The molecule has 1 aliphatic rings. The molecular formula is C19H20Cl2. The Kier molecular flexibility index (Phi) is 4.28. The van der Waals surface area contributed by atoms with Gasteiger partial charge in [-0.1, -0.05) is 41.9 Å². The molecular weight excluding hydrogens is 299 g/mol. The Labute approximate surface area is 137 Å². The fourth-order valence-corrected chi connectivity index (χ4v) is 4.03. The van der Waals surface area contributed by atoms with Crippen molar-refractivity contribution < 1.29 is 0 Å². The van der Waals surface area contributed by atoms with Crippen LogP contribution in [0.3, 0.4) is 0 Å². The molecule has 3 rings (SSSR count). The number of alkyl halides is 1. The van der Waals surface area contributed by atoms with Gasteiger partial charge >= 0.3 is 0 Å². The van der Waals surface area contributed by atoms with Gasteiger partial charge in [-0.05, 0) is 72.9 Å². The highest BCUT2D eigenvalue weighted by atomic mass is 35.5. The first-order chi connectivity index (χ1) is 10.1. The fraction of sp³-hybridized carbons (Fsp3) is 0.368. The Hall–Kier alpha value is -0.980. The van der Waals surface area contributed by atoms with Gasteiger partial charge in [-0.15, -0.1) is 11.6 Å². The maximum atomic E-state index is 6.80. The minimum atomic E-state index is -0.00911. The summed E-state index contributed by atoms with van der Waals surface area (Å²) in [6.07, 6.45) is 3.30. The van der Waals surface area contributed by atoms with Crippen molar-refractivity contribution in [3.63, 3.8) is 0 Å². The summed E-state index contributed by atoms with van der Waals surface area (Å²) in [6.45, 7) is 4.21. The lowest BCUT2D eigenvalue weighted by atomic mass is 9.80. The minimum Gasteiger partial charge on any atom is -0.117 e. The van der Waals surface area contributed by atoms with Crippen LogP contribution in [0.4, 0.5) is 0 Å². The molecule has 0 amide bonds. The van der Waals surface area contributed by atoms with E-state index in [1.165, 1.54) is 22.3 Å². The SMILES string of the molecule is Cc1cc(Cl)c(C(Cl)C2CCc3ccccc3C2)cc1C. The Morgan fingerprint density at radius 2 is 1.71 bits per heavy atom. The second kappa shape index (κ2) is 6.02. The van der Waals surface area contributed by atoms with E-state index in [0.29, 0.717) is 5.92 Å². The number of hydrogen-bond acceptors (Lipinski definition) is 0. The lowest BCUT2D eigenvalue weighted by Crippen LogP contribution is -2.18. The van der Waals surface area contributed by atoms with Gasteiger partial charge in [-0.25, -0.2) is 0 Å². The quantitative estimate of drug-likeness (QED) is 0.592. The number of fused-ring (bicyclic) bond motifs is 1. The molecule has 0 aromatic heterocycles. The van der Waals surface area contributed by atoms with Crippen LogP contribution in [0.15, 0.2) is 36.4 Å². The summed E-state index contributed by atoms with van der Waals surface area (Å²) < 4.78 is 0. The van der Waals surface area contributed by atoms with Crippen molar-refractivity contribution in [1.29, 1.82) is 0 Å². The summed E-state index contributed by atoms with van der Waals surface area (Å²) >= 11 is 13.2. The van der Waals surface area contributed by atoms with Gasteiger partial charge in [0.25, 0.3) is 0 Å². The zero-order valence-corrected chi connectivity index (χ0v) is 14.0. The molecule has 0 N–H and O–H groups in total. The van der Waals surface area contributed by atoms with Crippen molar-refractivity contribution in [1.82, 2.24) is 0 Å². The summed E-state index contributed by atoms with van der Waals surface area (Å²) in [4.78, 5) is 0. The summed E-state index contributed by atoms with van der Waals surface area (Å²) in [7, 11) is 0. The van der Waals surface area contributed by atoms with Crippen LogP contribution in [-0.4, -0.2) is 0 Å². The molecule has 2 aromatic rings. The van der Waals surface area contributed by atoms with Gasteiger partial charge in [0.05, 0.1) is 5.38 Å². The van der Waals surface area contributed by atoms with Gasteiger partial charge < -0.3 is 0 Å². The van der Waals surface area contributed by atoms with Crippen molar-refractivity contribution in [2.24, 2.45) is 5.92 Å². The van der Waals surface area contributed by atoms with E-state index in [1.54, 1.807) is 0 Å². The van der Waals surface area contributed by atoms with E-state index < -0.39 is 0 Å². The highest BCUT2D eigenvalue weighted by molar-refractivity contribution is 6.33. The van der Waals surface area contributed by atoms with Crippen LogP contribution in [0.2, 0.25) is 5.02 Å². The molecule has 2 heteroatoms. The molecule has 1 aliphatic carbocycles. The Balaban J connectivity index is 1.87. The molecule has 2 unspecified atom stereocenters. The van der Waals surface area contributed by atoms with Crippen molar-refractivity contribution >= 4 is 23.2 Å². The zero-order valence-electron chi connectivity index (χ0n) is 12.5. The topological polar surface area (TPSA) is 0 Å². The summed E-state index contributed by atoms with van der Waals surface area (Å²) in [5.41, 5.74) is 6.49. The molecule has 0 saturated heterocycles. The van der Waals surface area contributed by atoms with Crippen molar-refractivity contribution in [3.05, 3.63) is 69.2 Å². The molecule has 2 atom stereocenters. The standard InChI is InChI=1S/C19H20Cl2/c1-12-9-17(18(20)10-13(12)2)19(21)16-8-7-14-5-3-4-6-15(14)11-16/h3-6,9-10,16,19H,7-8,11H2,1-2H3. The predicted octanol–water partition coefficient (Wildman–Crippen LogP) is 6.04. The molecule has 2 aromatic carbocycles. The van der Waals surface area contributed by atoms with Crippen molar-refractivity contribution in [2.45, 2.75) is 38.5 Å².